The number of methoxy groups -OCH3 is 2. The summed E-state index contributed by atoms with van der Waals surface area (Å²) in [6.45, 7) is 0.592. The molecule has 0 aliphatic rings. The van der Waals surface area contributed by atoms with E-state index in [1.54, 1.807) is 14.2 Å². The third kappa shape index (κ3) is 2.09. The number of benzene rings is 1. The Morgan fingerprint density at radius 3 is 2.43 bits per heavy atom. The molecule has 0 radical (unpaired) electrons. The van der Waals surface area contributed by atoms with E-state index in [0.717, 1.165) is 12.0 Å². The lowest BCUT2D eigenvalue weighted by molar-refractivity contribution is 0.356. The Hall–Kier alpha value is -1.42. The Morgan fingerprint density at radius 1 is 1.21 bits per heavy atom. The molecule has 4 nitrogen and oxygen atoms in total. The van der Waals surface area contributed by atoms with Gasteiger partial charge in [0.15, 0.2) is 11.5 Å². The fourth-order valence-electron chi connectivity index (χ4n) is 1.36. The normalized spacial score (nSPS) is 9.93. The molecular weight excluding hydrogens is 180 g/mol. The molecule has 78 valence electrons. The predicted molar refractivity (Wildman–Crippen MR) is 56.7 cm³/mol. The first kappa shape index (κ1) is 10.7. The van der Waals surface area contributed by atoms with Gasteiger partial charge in [0.1, 0.15) is 0 Å². The van der Waals surface area contributed by atoms with Gasteiger partial charge in [0, 0.05) is 0 Å². The average molecular weight is 196 g/mol. The summed E-state index contributed by atoms with van der Waals surface area (Å²) in [6, 6.07) is 3.75. The quantitative estimate of drug-likeness (QED) is 0.698. The van der Waals surface area contributed by atoms with Crippen LogP contribution in [0.3, 0.4) is 0 Å². The number of ether oxygens (including phenoxy) is 2. The van der Waals surface area contributed by atoms with Gasteiger partial charge in [-0.2, -0.15) is 0 Å². The molecule has 0 fully saturated rings. The summed E-state index contributed by atoms with van der Waals surface area (Å²) < 4.78 is 10.3. The second-order valence-electron chi connectivity index (χ2n) is 2.96. The van der Waals surface area contributed by atoms with Gasteiger partial charge in [-0.15, -0.1) is 0 Å². The standard InChI is InChI=1S/C10H16N2O2/c1-13-9-6-7(3-4-11)5-8(12)10(9)14-2/h5-6H,3-4,11-12H2,1-2H3. The maximum absolute atomic E-state index is 5.79. The molecule has 0 atom stereocenters. The Labute approximate surface area is 83.8 Å². The Kier molecular flexibility index (Phi) is 3.59. The van der Waals surface area contributed by atoms with Crippen molar-refractivity contribution in [2.24, 2.45) is 5.73 Å². The zero-order chi connectivity index (χ0) is 10.6. The minimum absolute atomic E-state index is 0.577. The molecular formula is C10H16N2O2. The fourth-order valence-corrected chi connectivity index (χ4v) is 1.36. The molecule has 0 spiro atoms. The van der Waals surface area contributed by atoms with Crippen molar-refractivity contribution >= 4 is 5.69 Å². The van der Waals surface area contributed by atoms with E-state index < -0.39 is 0 Å². The van der Waals surface area contributed by atoms with Gasteiger partial charge in [-0.25, -0.2) is 0 Å². The van der Waals surface area contributed by atoms with Crippen LogP contribution in [0.5, 0.6) is 11.5 Å². The van der Waals surface area contributed by atoms with E-state index in [1.807, 2.05) is 12.1 Å². The molecule has 0 amide bonds. The first-order chi connectivity index (χ1) is 6.72. The molecule has 0 bridgehead atoms. The maximum Gasteiger partial charge on any atom is 0.183 e. The van der Waals surface area contributed by atoms with Crippen LogP contribution >= 0.6 is 0 Å². The molecule has 0 unspecified atom stereocenters. The highest BCUT2D eigenvalue weighted by Crippen LogP contribution is 2.34. The van der Waals surface area contributed by atoms with Crippen LogP contribution in [0, 0.1) is 0 Å². The first-order valence-electron chi connectivity index (χ1n) is 4.43. The van der Waals surface area contributed by atoms with Crippen molar-refractivity contribution in [2.45, 2.75) is 6.42 Å². The van der Waals surface area contributed by atoms with E-state index in [0.29, 0.717) is 23.7 Å². The van der Waals surface area contributed by atoms with E-state index >= 15 is 0 Å². The molecule has 0 heterocycles. The van der Waals surface area contributed by atoms with Crippen LogP contribution in [0.1, 0.15) is 5.56 Å². The zero-order valence-corrected chi connectivity index (χ0v) is 8.54. The van der Waals surface area contributed by atoms with Crippen molar-refractivity contribution in [3.8, 4) is 11.5 Å². The minimum Gasteiger partial charge on any atom is -0.493 e. The number of nitrogen functional groups attached to an aromatic ring is 1. The predicted octanol–water partition coefficient (Wildman–Crippen LogP) is 0.787. The number of hydrogen-bond donors (Lipinski definition) is 2. The number of rotatable bonds is 4. The monoisotopic (exact) mass is 196 g/mol. The summed E-state index contributed by atoms with van der Waals surface area (Å²) >= 11 is 0. The van der Waals surface area contributed by atoms with Crippen LogP contribution in [0.4, 0.5) is 5.69 Å². The molecule has 1 rings (SSSR count). The van der Waals surface area contributed by atoms with Crippen LogP contribution < -0.4 is 20.9 Å². The van der Waals surface area contributed by atoms with Crippen LogP contribution in [0.15, 0.2) is 12.1 Å². The van der Waals surface area contributed by atoms with Gasteiger partial charge in [-0.3, -0.25) is 0 Å². The Morgan fingerprint density at radius 2 is 1.93 bits per heavy atom. The van der Waals surface area contributed by atoms with E-state index in [1.165, 1.54) is 0 Å². The lowest BCUT2D eigenvalue weighted by atomic mass is 10.1. The molecule has 0 aliphatic heterocycles. The average Bonchev–Trinajstić information content (AvgIpc) is 2.17. The SMILES string of the molecule is COc1cc(CCN)cc(N)c1OC. The number of hydrogen-bond acceptors (Lipinski definition) is 4. The highest BCUT2D eigenvalue weighted by atomic mass is 16.5. The summed E-state index contributed by atoms with van der Waals surface area (Å²) in [5.74, 6) is 1.23. The summed E-state index contributed by atoms with van der Waals surface area (Å²) in [4.78, 5) is 0. The van der Waals surface area contributed by atoms with Crippen molar-refractivity contribution in [3.05, 3.63) is 17.7 Å². The summed E-state index contributed by atoms with van der Waals surface area (Å²) in [5.41, 5.74) is 12.9. The van der Waals surface area contributed by atoms with Crippen molar-refractivity contribution < 1.29 is 9.47 Å². The van der Waals surface area contributed by atoms with Gasteiger partial charge in [0.05, 0.1) is 19.9 Å². The number of anilines is 1. The van der Waals surface area contributed by atoms with Gasteiger partial charge < -0.3 is 20.9 Å². The Bertz CT molecular complexity index is 313. The summed E-state index contributed by atoms with van der Waals surface area (Å²) in [7, 11) is 3.15. The molecule has 1 aromatic rings. The van der Waals surface area contributed by atoms with Crippen LogP contribution in [-0.4, -0.2) is 20.8 Å². The first-order valence-corrected chi connectivity index (χ1v) is 4.43. The second-order valence-corrected chi connectivity index (χ2v) is 2.96. The van der Waals surface area contributed by atoms with E-state index in [9.17, 15) is 0 Å². The van der Waals surface area contributed by atoms with E-state index in [4.69, 9.17) is 20.9 Å². The Balaban J connectivity index is 3.10. The molecule has 0 aliphatic carbocycles. The van der Waals surface area contributed by atoms with Gasteiger partial charge in [0.2, 0.25) is 0 Å². The van der Waals surface area contributed by atoms with Crippen molar-refractivity contribution in [3.63, 3.8) is 0 Å². The highest BCUT2D eigenvalue weighted by molar-refractivity contribution is 5.62. The van der Waals surface area contributed by atoms with Crippen LogP contribution in [-0.2, 0) is 6.42 Å². The molecule has 4 N–H and O–H groups in total. The van der Waals surface area contributed by atoms with E-state index in [2.05, 4.69) is 0 Å². The second kappa shape index (κ2) is 4.72. The summed E-state index contributed by atoms with van der Waals surface area (Å²) in [5, 5.41) is 0. The smallest absolute Gasteiger partial charge is 0.183 e. The lowest BCUT2D eigenvalue weighted by Crippen LogP contribution is -2.04. The van der Waals surface area contributed by atoms with Crippen molar-refractivity contribution in [1.29, 1.82) is 0 Å². The van der Waals surface area contributed by atoms with Crippen molar-refractivity contribution in [2.75, 3.05) is 26.5 Å². The molecule has 0 saturated heterocycles. The fraction of sp³-hybridized carbons (Fsp3) is 0.400. The lowest BCUT2D eigenvalue weighted by Gasteiger charge is -2.11. The topological polar surface area (TPSA) is 70.5 Å². The third-order valence-electron chi connectivity index (χ3n) is 2.00. The zero-order valence-electron chi connectivity index (χ0n) is 8.54. The van der Waals surface area contributed by atoms with Gasteiger partial charge in [0.25, 0.3) is 0 Å². The molecule has 0 aromatic heterocycles. The highest BCUT2D eigenvalue weighted by Gasteiger charge is 2.09. The van der Waals surface area contributed by atoms with Gasteiger partial charge in [-0.1, -0.05) is 0 Å². The third-order valence-corrected chi connectivity index (χ3v) is 2.00. The van der Waals surface area contributed by atoms with Gasteiger partial charge in [-0.05, 0) is 30.7 Å². The molecule has 4 heteroatoms. The molecule has 0 saturated carbocycles. The maximum atomic E-state index is 5.79. The van der Waals surface area contributed by atoms with E-state index in [-0.39, 0.29) is 0 Å². The molecule has 14 heavy (non-hydrogen) atoms. The van der Waals surface area contributed by atoms with Crippen molar-refractivity contribution in [1.82, 2.24) is 0 Å². The largest absolute Gasteiger partial charge is 0.493 e. The van der Waals surface area contributed by atoms with Crippen LogP contribution in [0.2, 0.25) is 0 Å². The molecule has 1 aromatic carbocycles. The van der Waals surface area contributed by atoms with Gasteiger partial charge >= 0.3 is 0 Å². The number of nitrogens with two attached hydrogens (primary N) is 2. The van der Waals surface area contributed by atoms with Crippen LogP contribution in [0.25, 0.3) is 0 Å². The summed E-state index contributed by atoms with van der Waals surface area (Å²) in [6.07, 6.45) is 0.782. The minimum atomic E-state index is 0.577.